The summed E-state index contributed by atoms with van der Waals surface area (Å²) in [7, 11) is 1.66. The Bertz CT molecular complexity index is 1490. The van der Waals surface area contributed by atoms with E-state index in [-0.39, 0.29) is 34.6 Å². The first-order valence-electron chi connectivity index (χ1n) is 12.8. The average Bonchev–Trinajstić information content (AvgIpc) is 3.59. The number of hydrogen-bond acceptors (Lipinski definition) is 14. The summed E-state index contributed by atoms with van der Waals surface area (Å²) in [6, 6.07) is -1.02. The fourth-order valence-electron chi connectivity index (χ4n) is 3.73. The summed E-state index contributed by atoms with van der Waals surface area (Å²) < 4.78 is 6.83. The lowest BCUT2D eigenvalue weighted by atomic mass is 10.0. The molecule has 43 heavy (non-hydrogen) atoms. The highest BCUT2D eigenvalue weighted by atomic mass is 32.2. The highest BCUT2D eigenvalue weighted by Gasteiger charge is 2.54. The van der Waals surface area contributed by atoms with Crippen LogP contribution in [0.15, 0.2) is 39.6 Å². The lowest BCUT2D eigenvalue weighted by Gasteiger charge is -2.49. The van der Waals surface area contributed by atoms with E-state index < -0.39 is 40.9 Å². The van der Waals surface area contributed by atoms with Crippen LogP contribution in [0.5, 0.6) is 0 Å². The van der Waals surface area contributed by atoms with Crippen LogP contribution in [0.1, 0.15) is 32.9 Å². The number of carboxylic acid groups (broad SMARTS) is 1. The Balaban J connectivity index is 1.47. The molecule has 4 heterocycles. The van der Waals surface area contributed by atoms with Crippen LogP contribution in [0.3, 0.4) is 0 Å². The molecule has 1 saturated heterocycles. The van der Waals surface area contributed by atoms with Crippen molar-refractivity contribution in [3.8, 4) is 0 Å². The number of thioether (sulfide) groups is 2. The molecule has 3 amide bonds. The molecule has 230 valence electrons. The Morgan fingerprint density at radius 1 is 1.37 bits per heavy atom. The largest absolute Gasteiger partial charge is 0.477 e. The first-order chi connectivity index (χ1) is 20.5. The summed E-state index contributed by atoms with van der Waals surface area (Å²) in [6.07, 6.45) is 1.32. The number of ether oxygens (including phenoxy) is 1. The molecule has 19 heteroatoms. The number of aryl methyl sites for hydroxylation is 1. The maximum atomic E-state index is 13.3. The monoisotopic (exact) mass is 651 g/mol. The zero-order valence-corrected chi connectivity index (χ0v) is 26.0. The Morgan fingerprint density at radius 2 is 2.14 bits per heavy atom. The van der Waals surface area contributed by atoms with E-state index in [1.54, 1.807) is 20.9 Å². The van der Waals surface area contributed by atoms with Crippen molar-refractivity contribution >= 4 is 69.6 Å². The van der Waals surface area contributed by atoms with Crippen molar-refractivity contribution in [2.75, 3.05) is 23.4 Å². The first-order valence-corrected chi connectivity index (χ1v) is 15.7. The average molecular weight is 652 g/mol. The topological polar surface area (TPSA) is 203 Å². The molecule has 0 bridgehead atoms. The maximum absolute atomic E-state index is 13.3. The van der Waals surface area contributed by atoms with Gasteiger partial charge >= 0.3 is 12.1 Å². The van der Waals surface area contributed by atoms with Gasteiger partial charge in [-0.15, -0.1) is 28.2 Å². The van der Waals surface area contributed by atoms with E-state index in [1.807, 2.05) is 6.92 Å². The molecular weight excluding hydrogens is 623 g/mol. The number of hydrogen-bond donors (Lipinski definition) is 3. The van der Waals surface area contributed by atoms with Gasteiger partial charge in [-0.25, -0.2) is 19.3 Å². The number of carbonyl (C=O) groups excluding carboxylic acids is 3. The van der Waals surface area contributed by atoms with Crippen molar-refractivity contribution in [2.24, 2.45) is 12.2 Å². The molecule has 0 aromatic carbocycles. The van der Waals surface area contributed by atoms with E-state index in [9.17, 15) is 24.3 Å². The number of anilines is 1. The van der Waals surface area contributed by atoms with Crippen LogP contribution in [0, 0.1) is 0 Å². The Kier molecular flexibility index (Phi) is 10.1. The predicted molar refractivity (Wildman–Crippen MR) is 158 cm³/mol. The summed E-state index contributed by atoms with van der Waals surface area (Å²) in [5.74, 6) is -2.03. The van der Waals surface area contributed by atoms with Crippen LogP contribution in [0.2, 0.25) is 0 Å². The second-order valence-corrected chi connectivity index (χ2v) is 12.6. The fourth-order valence-corrected chi connectivity index (χ4v) is 6.75. The van der Waals surface area contributed by atoms with E-state index in [4.69, 9.17) is 9.57 Å². The smallest absolute Gasteiger partial charge is 0.413 e. The highest BCUT2D eigenvalue weighted by Crippen LogP contribution is 2.41. The van der Waals surface area contributed by atoms with Gasteiger partial charge in [-0.05, 0) is 36.3 Å². The van der Waals surface area contributed by atoms with Crippen LogP contribution in [-0.4, -0.2) is 99.9 Å². The van der Waals surface area contributed by atoms with E-state index in [0.29, 0.717) is 22.9 Å². The van der Waals surface area contributed by atoms with Crippen molar-refractivity contribution in [2.45, 2.75) is 49.4 Å². The molecule has 0 saturated carbocycles. The number of thiazole rings is 1. The van der Waals surface area contributed by atoms with Gasteiger partial charge < -0.3 is 20.0 Å². The molecule has 2 aromatic heterocycles. The lowest BCUT2D eigenvalue weighted by molar-refractivity contribution is -0.150. The zero-order valence-electron chi connectivity index (χ0n) is 23.6. The quantitative estimate of drug-likeness (QED) is 0.0708. The number of amides is 3. The van der Waals surface area contributed by atoms with Crippen LogP contribution >= 0.6 is 34.9 Å². The molecule has 2 unspecified atom stereocenters. The number of carbonyl (C=O) groups is 4. The number of nitrogens with one attached hydrogen (secondary N) is 2. The number of oxime groups is 1. The third-order valence-corrected chi connectivity index (χ3v) is 9.43. The molecule has 2 aliphatic heterocycles. The minimum absolute atomic E-state index is 0.00296. The van der Waals surface area contributed by atoms with Gasteiger partial charge in [-0.1, -0.05) is 36.5 Å². The lowest BCUT2D eigenvalue weighted by Crippen LogP contribution is -2.71. The number of aromatic nitrogens is 5. The van der Waals surface area contributed by atoms with Crippen LogP contribution in [0.4, 0.5) is 9.93 Å². The molecule has 2 aliphatic rings. The van der Waals surface area contributed by atoms with E-state index in [0.717, 1.165) is 11.3 Å². The zero-order chi connectivity index (χ0) is 31.3. The number of β-lactam (4-membered cyclic amide) rings is 1. The van der Waals surface area contributed by atoms with Gasteiger partial charge in [-0.3, -0.25) is 19.8 Å². The van der Waals surface area contributed by atoms with E-state index in [1.165, 1.54) is 44.6 Å². The molecule has 0 aliphatic carbocycles. The second-order valence-electron chi connectivity index (χ2n) is 9.68. The summed E-state index contributed by atoms with van der Waals surface area (Å²) >= 11 is 3.61. The second kappa shape index (κ2) is 13.6. The van der Waals surface area contributed by atoms with Gasteiger partial charge in [0.25, 0.3) is 11.8 Å². The van der Waals surface area contributed by atoms with Crippen molar-refractivity contribution in [3.63, 3.8) is 0 Å². The molecule has 16 nitrogen and oxygen atoms in total. The van der Waals surface area contributed by atoms with Gasteiger partial charge in [-0.2, -0.15) is 0 Å². The maximum Gasteiger partial charge on any atom is 0.413 e. The highest BCUT2D eigenvalue weighted by molar-refractivity contribution is 8.01. The molecule has 2 atom stereocenters. The van der Waals surface area contributed by atoms with Gasteiger partial charge in [0.05, 0.1) is 0 Å². The number of tetrazole rings is 1. The first kappa shape index (κ1) is 32.0. The minimum atomic E-state index is -1.25. The standard InChI is InChI=1S/C24H29N9O7S3/c1-6-8-39-29-14(13-11-42-21(25-13)27-23(38)40-24(3,4)7-2)17(34)26-15-18(35)33-16(20(36)37)12(9-41-19(15)33)10-43-22-28-30-31-32(22)5/h6,11,15,19H,1,7-10H2,2-5H3,(H,26,34)(H,36,37)(H,25,27,38)/b29-14+. The van der Waals surface area contributed by atoms with Gasteiger partial charge in [0.2, 0.25) is 5.16 Å². The normalized spacial score (nSPS) is 18.5. The third-order valence-electron chi connectivity index (χ3n) is 6.23. The SMILES string of the molecule is C=CCO/N=C(/C(=O)NC1C(=O)N2C(C(=O)O)=C(CSc3nnnn3C)CSC12)c1csc(NC(=O)OC(C)(C)CC)n1. The predicted octanol–water partition coefficient (Wildman–Crippen LogP) is 1.84. The van der Waals surface area contributed by atoms with Gasteiger partial charge in [0, 0.05) is 23.9 Å². The number of fused-ring (bicyclic) bond motifs is 1. The number of rotatable bonds is 13. The number of nitrogens with zero attached hydrogens (tertiary/aromatic N) is 7. The molecule has 0 spiro atoms. The van der Waals surface area contributed by atoms with Crippen molar-refractivity contribution < 1.29 is 33.9 Å². The summed E-state index contributed by atoms with van der Waals surface area (Å²) in [5, 5.41) is 31.7. The van der Waals surface area contributed by atoms with Crippen molar-refractivity contribution in [3.05, 3.63) is 35.0 Å². The van der Waals surface area contributed by atoms with Gasteiger partial charge in [0.1, 0.15) is 35.0 Å². The summed E-state index contributed by atoms with van der Waals surface area (Å²) in [5.41, 5.74) is -0.440. The molecular formula is C24H29N9O7S3. The third kappa shape index (κ3) is 7.34. The Morgan fingerprint density at radius 3 is 2.79 bits per heavy atom. The number of aliphatic carboxylic acids is 1. The Labute approximate surface area is 258 Å². The molecule has 0 radical (unpaired) electrons. The molecule has 2 aromatic rings. The van der Waals surface area contributed by atoms with Gasteiger partial charge in [0.15, 0.2) is 10.8 Å². The van der Waals surface area contributed by atoms with E-state index in [2.05, 4.69) is 42.9 Å². The van der Waals surface area contributed by atoms with Crippen LogP contribution in [-0.2, 0) is 31.0 Å². The molecule has 3 N–H and O–H groups in total. The molecule has 4 rings (SSSR count). The molecule has 1 fully saturated rings. The van der Waals surface area contributed by atoms with Crippen LogP contribution in [0.25, 0.3) is 0 Å². The van der Waals surface area contributed by atoms with Crippen molar-refractivity contribution in [1.82, 2.24) is 35.4 Å². The summed E-state index contributed by atoms with van der Waals surface area (Å²) in [4.78, 5) is 61.5. The van der Waals surface area contributed by atoms with Crippen LogP contribution < -0.4 is 10.6 Å². The van der Waals surface area contributed by atoms with E-state index >= 15 is 0 Å². The Hall–Kier alpha value is -3.97. The number of carboxylic acids is 1. The summed E-state index contributed by atoms with van der Waals surface area (Å²) in [6.45, 7) is 8.97. The minimum Gasteiger partial charge on any atom is -0.477 e. The fraction of sp³-hybridized carbons (Fsp3) is 0.458. The van der Waals surface area contributed by atoms with Crippen molar-refractivity contribution in [1.29, 1.82) is 0 Å².